The van der Waals surface area contributed by atoms with Crippen LogP contribution in [0.2, 0.25) is 5.31 Å². The molecule has 0 aliphatic heterocycles. The fourth-order valence-corrected chi connectivity index (χ4v) is 0. The molecule has 0 saturated carbocycles. The lowest BCUT2D eigenvalue weighted by Crippen LogP contribution is -1.94. The van der Waals surface area contributed by atoms with Gasteiger partial charge in [0.05, 0.1) is 6.07 Å². The third-order valence-electron chi connectivity index (χ3n) is 0.335. The highest BCUT2D eigenvalue weighted by Crippen LogP contribution is 2.13. The highest BCUT2D eigenvalue weighted by Gasteiger charge is 2.04. The van der Waals surface area contributed by atoms with Crippen molar-refractivity contribution in [1.29, 1.82) is 5.26 Å². The molecule has 0 aromatic carbocycles. The SMILES string of the molecule is BC(C)(C)C#N. The molecule has 6 heavy (non-hydrogen) atoms. The van der Waals surface area contributed by atoms with Gasteiger partial charge in [0.2, 0.25) is 0 Å². The zero-order valence-electron chi connectivity index (χ0n) is 4.45. The molecule has 0 amide bonds. The van der Waals surface area contributed by atoms with Crippen molar-refractivity contribution >= 4 is 7.85 Å². The quantitative estimate of drug-likeness (QED) is 0.386. The number of hydrogen-bond acceptors (Lipinski definition) is 1. The summed E-state index contributed by atoms with van der Waals surface area (Å²) in [5.41, 5.74) is 0. The molecule has 1 nitrogen and oxygen atoms in total. The van der Waals surface area contributed by atoms with Crippen molar-refractivity contribution in [3.05, 3.63) is 0 Å². The minimum atomic E-state index is -0.153. The van der Waals surface area contributed by atoms with Crippen LogP contribution in [0.15, 0.2) is 0 Å². The first kappa shape index (κ1) is 5.55. The second-order valence-electron chi connectivity index (χ2n) is 2.36. The summed E-state index contributed by atoms with van der Waals surface area (Å²) in [7, 11) is 1.88. The summed E-state index contributed by atoms with van der Waals surface area (Å²) in [6.07, 6.45) is 0. The van der Waals surface area contributed by atoms with Crippen LogP contribution in [-0.2, 0) is 0 Å². The molecule has 0 rings (SSSR count). The molecule has 32 valence electrons. The molecule has 0 aliphatic carbocycles. The van der Waals surface area contributed by atoms with E-state index < -0.39 is 0 Å². The van der Waals surface area contributed by atoms with Gasteiger partial charge in [-0.2, -0.15) is 5.26 Å². The maximum absolute atomic E-state index is 8.15. The van der Waals surface area contributed by atoms with E-state index in [-0.39, 0.29) is 5.31 Å². The summed E-state index contributed by atoms with van der Waals surface area (Å²) in [5, 5.41) is 8.00. The molecule has 0 aliphatic rings. The first-order valence-electron chi connectivity index (χ1n) is 1.97. The van der Waals surface area contributed by atoms with Crippen LogP contribution < -0.4 is 0 Å². The van der Waals surface area contributed by atoms with E-state index in [1.807, 2.05) is 21.7 Å². The first-order chi connectivity index (χ1) is 2.56. The van der Waals surface area contributed by atoms with Crippen molar-refractivity contribution in [2.75, 3.05) is 0 Å². The van der Waals surface area contributed by atoms with Gasteiger partial charge in [-0.05, 0) is 0 Å². The largest absolute Gasteiger partial charge is 0.199 e. The van der Waals surface area contributed by atoms with E-state index >= 15 is 0 Å². The number of rotatable bonds is 0. The Bertz CT molecular complexity index is 74.5. The number of nitrogens with zero attached hydrogens (tertiary/aromatic N) is 1. The Labute approximate surface area is 39.4 Å². The summed E-state index contributed by atoms with van der Waals surface area (Å²) >= 11 is 0. The molecule has 0 heterocycles. The van der Waals surface area contributed by atoms with Gasteiger partial charge >= 0.3 is 0 Å². The lowest BCUT2D eigenvalue weighted by atomic mass is 9.74. The molecule has 0 spiro atoms. The predicted molar refractivity (Wildman–Crippen MR) is 28.2 cm³/mol. The van der Waals surface area contributed by atoms with Crippen LogP contribution in [-0.4, -0.2) is 7.85 Å². The highest BCUT2D eigenvalue weighted by molar-refractivity contribution is 6.16. The number of nitriles is 1. The summed E-state index contributed by atoms with van der Waals surface area (Å²) in [4.78, 5) is 0. The van der Waals surface area contributed by atoms with E-state index in [0.29, 0.717) is 0 Å². The van der Waals surface area contributed by atoms with Gasteiger partial charge < -0.3 is 0 Å². The van der Waals surface area contributed by atoms with Crippen LogP contribution in [0.4, 0.5) is 0 Å². The van der Waals surface area contributed by atoms with E-state index in [9.17, 15) is 0 Å². The third kappa shape index (κ3) is 3.55. The topological polar surface area (TPSA) is 23.8 Å². The maximum Gasteiger partial charge on any atom is 0.127 e. The van der Waals surface area contributed by atoms with E-state index in [1.165, 1.54) is 0 Å². The lowest BCUT2D eigenvalue weighted by Gasteiger charge is -2.00. The summed E-state index contributed by atoms with van der Waals surface area (Å²) < 4.78 is 0. The van der Waals surface area contributed by atoms with Gasteiger partial charge in [-0.3, -0.25) is 0 Å². The Hall–Kier alpha value is -0.445. The van der Waals surface area contributed by atoms with Crippen LogP contribution in [0.25, 0.3) is 0 Å². The van der Waals surface area contributed by atoms with Crippen LogP contribution in [0, 0.1) is 11.3 Å². The Morgan fingerprint density at radius 2 is 1.83 bits per heavy atom. The average molecular weight is 80.9 g/mol. The molecule has 0 N–H and O–H groups in total. The Balaban J connectivity index is 3.55. The second-order valence-corrected chi connectivity index (χ2v) is 2.36. The maximum atomic E-state index is 8.15. The van der Waals surface area contributed by atoms with Crippen molar-refractivity contribution in [3.63, 3.8) is 0 Å². The molecular formula is C4H8BN. The first-order valence-corrected chi connectivity index (χ1v) is 1.97. The standard InChI is InChI=1S/C4H8BN/c1-4(2,5)3-6/h5H2,1-2H3. The van der Waals surface area contributed by atoms with Gasteiger partial charge in [0.25, 0.3) is 0 Å². The highest BCUT2D eigenvalue weighted by atomic mass is 14.3. The minimum absolute atomic E-state index is 0.153. The second kappa shape index (κ2) is 1.34. The van der Waals surface area contributed by atoms with Crippen LogP contribution in [0.3, 0.4) is 0 Å². The van der Waals surface area contributed by atoms with Crippen molar-refractivity contribution in [3.8, 4) is 6.07 Å². The van der Waals surface area contributed by atoms with Crippen LogP contribution in [0.5, 0.6) is 0 Å². The monoisotopic (exact) mass is 81.1 g/mol. The van der Waals surface area contributed by atoms with Crippen molar-refractivity contribution in [1.82, 2.24) is 0 Å². The molecule has 0 saturated heterocycles. The normalized spacial score (nSPS) is 10.2. The smallest absolute Gasteiger partial charge is 0.127 e. The zero-order chi connectivity index (χ0) is 5.21. The van der Waals surface area contributed by atoms with Crippen molar-refractivity contribution < 1.29 is 0 Å². The van der Waals surface area contributed by atoms with Crippen LogP contribution in [0.1, 0.15) is 13.8 Å². The molecule has 0 aromatic rings. The molecule has 0 atom stereocenters. The predicted octanol–water partition coefficient (Wildman–Crippen LogP) is 0.342. The molecule has 2 heteroatoms. The van der Waals surface area contributed by atoms with E-state index in [4.69, 9.17) is 5.26 Å². The Morgan fingerprint density at radius 3 is 1.83 bits per heavy atom. The van der Waals surface area contributed by atoms with E-state index in [1.54, 1.807) is 0 Å². The van der Waals surface area contributed by atoms with Crippen molar-refractivity contribution in [2.24, 2.45) is 0 Å². The van der Waals surface area contributed by atoms with E-state index in [0.717, 1.165) is 0 Å². The molecule has 0 bridgehead atoms. The fraction of sp³-hybridized carbons (Fsp3) is 0.750. The van der Waals surface area contributed by atoms with Gasteiger partial charge in [0.15, 0.2) is 0 Å². The minimum Gasteiger partial charge on any atom is -0.199 e. The molecule has 0 fully saturated rings. The molecule has 0 unspecified atom stereocenters. The molecular weight excluding hydrogens is 72.9 g/mol. The van der Waals surface area contributed by atoms with Gasteiger partial charge in [0, 0.05) is 5.31 Å². The summed E-state index contributed by atoms with van der Waals surface area (Å²) in [6.45, 7) is 3.76. The van der Waals surface area contributed by atoms with Gasteiger partial charge in [0.1, 0.15) is 7.85 Å². The third-order valence-corrected chi connectivity index (χ3v) is 0.335. The van der Waals surface area contributed by atoms with Crippen LogP contribution >= 0.6 is 0 Å². The van der Waals surface area contributed by atoms with Gasteiger partial charge in [-0.1, -0.05) is 13.8 Å². The lowest BCUT2D eigenvalue weighted by molar-refractivity contribution is 0.878. The summed E-state index contributed by atoms with van der Waals surface area (Å²) in [6, 6.07) is 2.10. The van der Waals surface area contributed by atoms with Gasteiger partial charge in [-0.15, -0.1) is 0 Å². The molecule has 0 radical (unpaired) electrons. The molecule has 0 aromatic heterocycles. The average Bonchev–Trinajstić information content (AvgIpc) is 1.35. The Morgan fingerprint density at radius 1 is 1.67 bits per heavy atom. The fourth-order valence-electron chi connectivity index (χ4n) is 0. The number of hydrogen-bond donors (Lipinski definition) is 0. The van der Waals surface area contributed by atoms with Crippen molar-refractivity contribution in [2.45, 2.75) is 19.2 Å². The summed E-state index contributed by atoms with van der Waals surface area (Å²) in [5.74, 6) is 0. The van der Waals surface area contributed by atoms with Gasteiger partial charge in [-0.25, -0.2) is 0 Å². The zero-order valence-corrected chi connectivity index (χ0v) is 4.45. The van der Waals surface area contributed by atoms with E-state index in [2.05, 4.69) is 6.07 Å². The Kier molecular flexibility index (Phi) is 1.24.